The van der Waals surface area contributed by atoms with Gasteiger partial charge in [0.2, 0.25) is 15.9 Å². The van der Waals surface area contributed by atoms with Crippen LogP contribution in [-0.4, -0.2) is 72.7 Å². The van der Waals surface area contributed by atoms with Crippen LogP contribution in [0.2, 0.25) is 0 Å². The summed E-state index contributed by atoms with van der Waals surface area (Å²) in [5, 5.41) is 24.7. The highest BCUT2D eigenvalue weighted by Crippen LogP contribution is 2.31. The van der Waals surface area contributed by atoms with Crippen LogP contribution in [0.1, 0.15) is 36.2 Å². The Morgan fingerprint density at radius 2 is 1.67 bits per heavy atom. The molecule has 11 nitrogen and oxygen atoms in total. The summed E-state index contributed by atoms with van der Waals surface area (Å²) in [6, 6.07) is 16.3. The molecule has 3 aromatic rings. The number of aliphatic carboxylic acids is 1. The molecule has 0 bridgehead atoms. The predicted molar refractivity (Wildman–Crippen MR) is 159 cm³/mol. The van der Waals surface area contributed by atoms with Crippen molar-refractivity contribution >= 4 is 33.5 Å². The van der Waals surface area contributed by atoms with Gasteiger partial charge in [0.25, 0.3) is 5.91 Å². The molecule has 4 N–H and O–H groups in total. The van der Waals surface area contributed by atoms with Crippen molar-refractivity contribution in [2.75, 3.05) is 25.2 Å². The number of phenolic OH excluding ortho intramolecular Hbond substituents is 1. The third kappa shape index (κ3) is 7.65. The second kappa shape index (κ2) is 13.5. The molecule has 1 saturated heterocycles. The van der Waals surface area contributed by atoms with E-state index in [9.17, 15) is 33.0 Å². The number of anilines is 1. The van der Waals surface area contributed by atoms with Gasteiger partial charge in [-0.05, 0) is 65.9 Å². The van der Waals surface area contributed by atoms with Gasteiger partial charge < -0.3 is 25.6 Å². The molecule has 1 aliphatic heterocycles. The minimum absolute atomic E-state index is 0. The molecule has 12 heteroatoms. The zero-order valence-electron chi connectivity index (χ0n) is 22.5. The van der Waals surface area contributed by atoms with E-state index in [1.165, 1.54) is 13.2 Å². The summed E-state index contributed by atoms with van der Waals surface area (Å²) in [6.45, 7) is 0.222. The first kappa shape index (κ1) is 32.1. The monoisotopic (exact) mass is 597 g/mol. The highest BCUT2D eigenvalue weighted by molar-refractivity contribution is 7.88. The SMILES string of the molecule is C.COc1cc(-c2ccc(C(=O)Nc3ccc(CC(NC(=O)[C@@H]4CCCN4S(C)(=O)=O)C(=O)O)cc3)cc2)ccc1O. The Morgan fingerprint density at radius 3 is 2.26 bits per heavy atom. The minimum Gasteiger partial charge on any atom is -0.504 e. The maximum absolute atomic E-state index is 12.8. The van der Waals surface area contributed by atoms with Crippen molar-refractivity contribution in [3.63, 3.8) is 0 Å². The van der Waals surface area contributed by atoms with E-state index in [-0.39, 0.29) is 32.0 Å². The molecule has 42 heavy (non-hydrogen) atoms. The van der Waals surface area contributed by atoms with Crippen LogP contribution < -0.4 is 15.4 Å². The number of phenols is 1. The number of aromatic hydroxyl groups is 1. The Labute approximate surface area is 245 Å². The van der Waals surface area contributed by atoms with Crippen molar-refractivity contribution in [1.82, 2.24) is 9.62 Å². The van der Waals surface area contributed by atoms with Gasteiger partial charge in [0, 0.05) is 24.2 Å². The Balaban J connectivity index is 0.00000484. The lowest BCUT2D eigenvalue weighted by Crippen LogP contribution is -2.51. The first-order chi connectivity index (χ1) is 19.5. The maximum Gasteiger partial charge on any atom is 0.326 e. The summed E-state index contributed by atoms with van der Waals surface area (Å²) in [5.74, 6) is -1.84. The topological polar surface area (TPSA) is 162 Å². The van der Waals surface area contributed by atoms with Crippen LogP contribution in [0.3, 0.4) is 0 Å². The molecule has 0 radical (unpaired) electrons. The number of sulfonamides is 1. The Hall–Kier alpha value is -4.42. The number of methoxy groups -OCH3 is 1. The number of carboxylic acid groups (broad SMARTS) is 1. The molecule has 2 atom stereocenters. The normalized spacial score (nSPS) is 15.7. The number of carbonyl (C=O) groups excluding carboxylic acids is 2. The van der Waals surface area contributed by atoms with Crippen LogP contribution in [0.15, 0.2) is 66.7 Å². The van der Waals surface area contributed by atoms with E-state index in [1.807, 2.05) is 0 Å². The lowest BCUT2D eigenvalue weighted by molar-refractivity contribution is -0.142. The van der Waals surface area contributed by atoms with Crippen LogP contribution >= 0.6 is 0 Å². The number of rotatable bonds is 10. The summed E-state index contributed by atoms with van der Waals surface area (Å²) in [5.41, 5.74) is 3.18. The lowest BCUT2D eigenvalue weighted by Gasteiger charge is -2.23. The smallest absolute Gasteiger partial charge is 0.326 e. The molecule has 0 aromatic heterocycles. The quantitative estimate of drug-likeness (QED) is 0.276. The minimum atomic E-state index is -3.59. The van der Waals surface area contributed by atoms with Gasteiger partial charge in [-0.2, -0.15) is 4.31 Å². The fraction of sp³-hybridized carbons (Fsp3) is 0.300. The van der Waals surface area contributed by atoms with E-state index in [4.69, 9.17) is 4.74 Å². The molecule has 1 unspecified atom stereocenters. The molecular formula is C30H35N3O8S. The highest BCUT2D eigenvalue weighted by atomic mass is 32.2. The van der Waals surface area contributed by atoms with E-state index < -0.39 is 34.0 Å². The summed E-state index contributed by atoms with van der Waals surface area (Å²) in [6.07, 6.45) is 1.85. The van der Waals surface area contributed by atoms with Gasteiger partial charge in [-0.1, -0.05) is 37.8 Å². The van der Waals surface area contributed by atoms with Crippen molar-refractivity contribution in [2.45, 2.75) is 38.8 Å². The molecule has 3 aromatic carbocycles. The number of ether oxygens (including phenoxy) is 1. The van der Waals surface area contributed by atoms with Gasteiger partial charge in [0.15, 0.2) is 11.5 Å². The first-order valence-electron chi connectivity index (χ1n) is 12.8. The van der Waals surface area contributed by atoms with E-state index in [2.05, 4.69) is 10.6 Å². The fourth-order valence-corrected chi connectivity index (χ4v) is 5.83. The summed E-state index contributed by atoms with van der Waals surface area (Å²) in [4.78, 5) is 37.3. The second-order valence-corrected chi connectivity index (χ2v) is 11.7. The van der Waals surface area contributed by atoms with Crippen molar-refractivity contribution in [1.29, 1.82) is 0 Å². The number of hydrogen-bond donors (Lipinski definition) is 4. The van der Waals surface area contributed by atoms with Crippen LogP contribution in [0.5, 0.6) is 11.5 Å². The lowest BCUT2D eigenvalue weighted by atomic mass is 10.0. The maximum atomic E-state index is 12.8. The van der Waals surface area contributed by atoms with Crippen molar-refractivity contribution < 1.29 is 37.8 Å². The van der Waals surface area contributed by atoms with Gasteiger partial charge in [-0.15, -0.1) is 0 Å². The Kier molecular flexibility index (Phi) is 10.3. The van der Waals surface area contributed by atoms with Crippen molar-refractivity contribution in [2.24, 2.45) is 0 Å². The number of hydrogen-bond acceptors (Lipinski definition) is 7. The fourth-order valence-electron chi connectivity index (χ4n) is 4.70. The van der Waals surface area contributed by atoms with E-state index in [0.29, 0.717) is 35.4 Å². The molecule has 1 aliphatic rings. The number of carboxylic acids is 1. The van der Waals surface area contributed by atoms with Crippen LogP contribution in [0.25, 0.3) is 11.1 Å². The summed E-state index contributed by atoms with van der Waals surface area (Å²) >= 11 is 0. The predicted octanol–water partition coefficient (Wildman–Crippen LogP) is 3.49. The molecule has 224 valence electrons. The molecular weight excluding hydrogens is 562 g/mol. The number of carbonyl (C=O) groups is 3. The van der Waals surface area contributed by atoms with Crippen molar-refractivity contribution in [3.8, 4) is 22.6 Å². The van der Waals surface area contributed by atoms with Crippen LogP contribution in [0.4, 0.5) is 5.69 Å². The molecule has 2 amide bonds. The van der Waals surface area contributed by atoms with Crippen LogP contribution in [0, 0.1) is 0 Å². The molecule has 4 rings (SSSR count). The van der Waals surface area contributed by atoms with Gasteiger partial charge in [0.05, 0.1) is 13.4 Å². The largest absolute Gasteiger partial charge is 0.504 e. The molecule has 0 aliphatic carbocycles. The van der Waals surface area contributed by atoms with Gasteiger partial charge in [0.1, 0.15) is 12.1 Å². The first-order valence-corrected chi connectivity index (χ1v) is 14.7. The molecule has 1 heterocycles. The number of amides is 2. The Morgan fingerprint density at radius 1 is 1.02 bits per heavy atom. The van der Waals surface area contributed by atoms with E-state index >= 15 is 0 Å². The summed E-state index contributed by atoms with van der Waals surface area (Å²) in [7, 11) is -2.12. The second-order valence-electron chi connectivity index (χ2n) is 9.75. The molecule has 0 saturated carbocycles. The zero-order valence-corrected chi connectivity index (χ0v) is 23.3. The van der Waals surface area contributed by atoms with E-state index in [0.717, 1.165) is 21.7 Å². The highest BCUT2D eigenvalue weighted by Gasteiger charge is 2.37. The third-order valence-electron chi connectivity index (χ3n) is 6.86. The summed E-state index contributed by atoms with van der Waals surface area (Å²) < 4.78 is 30.1. The Bertz CT molecular complexity index is 1540. The van der Waals surface area contributed by atoms with Gasteiger partial charge >= 0.3 is 5.97 Å². The number of nitrogens with zero attached hydrogens (tertiary/aromatic N) is 1. The van der Waals surface area contributed by atoms with E-state index in [1.54, 1.807) is 60.7 Å². The van der Waals surface area contributed by atoms with Crippen molar-refractivity contribution in [3.05, 3.63) is 77.9 Å². The molecule has 0 spiro atoms. The standard InChI is InChI=1S/C29H31N3O8S.CH4/c1-40-26-17-21(11-14-25(26)33)19-7-9-20(10-8-19)27(34)30-22-12-5-18(6-13-22)16-23(29(36)37)31-28(35)24-4-3-15-32(24)41(2,38)39;/h5-14,17,23-24,33H,3-4,15-16H2,1-2H3,(H,30,34)(H,31,35)(H,36,37);1H4/t23?,24-;/m0./s1. The average Bonchev–Trinajstić information content (AvgIpc) is 3.45. The number of nitrogens with one attached hydrogen (secondary N) is 2. The van der Waals surface area contributed by atoms with Gasteiger partial charge in [-0.25, -0.2) is 13.2 Å². The average molecular weight is 598 g/mol. The third-order valence-corrected chi connectivity index (χ3v) is 8.15. The zero-order chi connectivity index (χ0) is 29.7. The molecule has 1 fully saturated rings. The number of benzene rings is 3. The van der Waals surface area contributed by atoms with Crippen LogP contribution in [-0.2, 0) is 26.0 Å². The van der Waals surface area contributed by atoms with Gasteiger partial charge in [-0.3, -0.25) is 9.59 Å².